The largest absolute Gasteiger partial charge is 0.481 e. The van der Waals surface area contributed by atoms with Gasteiger partial charge in [-0.15, -0.1) is 0 Å². The van der Waals surface area contributed by atoms with E-state index in [0.717, 1.165) is 22.8 Å². The van der Waals surface area contributed by atoms with E-state index in [1.54, 1.807) is 0 Å². The number of carboxylic acid groups (broad SMARTS) is 1. The third-order valence-electron chi connectivity index (χ3n) is 3.85. The molecule has 0 fully saturated rings. The Kier molecular flexibility index (Phi) is 5.28. The molecule has 0 unspecified atom stereocenters. The number of hydrogen-bond donors (Lipinski definition) is 2. The third-order valence-corrected chi connectivity index (χ3v) is 3.85. The zero-order chi connectivity index (χ0) is 17.9. The summed E-state index contributed by atoms with van der Waals surface area (Å²) < 4.78 is 28.3. The second-order valence-electron chi connectivity index (χ2n) is 5.56. The third kappa shape index (κ3) is 3.59. The van der Waals surface area contributed by atoms with Crippen molar-refractivity contribution in [3.63, 3.8) is 0 Å². The molecule has 0 aliphatic rings. The van der Waals surface area contributed by atoms with E-state index in [1.165, 1.54) is 6.07 Å². The molecule has 0 aliphatic carbocycles. The zero-order valence-electron chi connectivity index (χ0n) is 13.3. The molecule has 1 atom stereocenters. The Morgan fingerprint density at radius 2 is 1.88 bits per heavy atom. The number of aryl methyl sites for hydroxylation is 2. The molecule has 0 bridgehead atoms. The Balaban J connectivity index is 2.63. The number of halogens is 2. The van der Waals surface area contributed by atoms with E-state index < -0.39 is 30.1 Å². The van der Waals surface area contributed by atoms with Gasteiger partial charge < -0.3 is 10.4 Å². The number of rotatable bonds is 6. The quantitative estimate of drug-likeness (QED) is 0.795. The van der Waals surface area contributed by atoms with Crippen molar-refractivity contribution in [3.8, 4) is 11.1 Å². The van der Waals surface area contributed by atoms with Gasteiger partial charge in [0.1, 0.15) is 0 Å². The molecule has 0 heterocycles. The molecule has 0 spiro atoms. The molecule has 4 nitrogen and oxygen atoms in total. The van der Waals surface area contributed by atoms with E-state index in [-0.39, 0.29) is 12.0 Å². The van der Waals surface area contributed by atoms with E-state index in [4.69, 9.17) is 5.11 Å². The summed E-state index contributed by atoms with van der Waals surface area (Å²) in [5.41, 5.74) is 2.75. The van der Waals surface area contributed by atoms with Gasteiger partial charge in [0.05, 0.1) is 12.5 Å². The van der Waals surface area contributed by atoms with Crippen molar-refractivity contribution in [1.82, 2.24) is 5.32 Å². The second kappa shape index (κ2) is 7.21. The highest BCUT2D eigenvalue weighted by atomic mass is 19.2. The molecule has 2 rings (SSSR count). The van der Waals surface area contributed by atoms with Crippen LogP contribution in [0.4, 0.5) is 8.78 Å². The highest BCUT2D eigenvalue weighted by Gasteiger charge is 2.23. The second-order valence-corrected chi connectivity index (χ2v) is 5.56. The number of carbonyl (C=O) groups excluding carboxylic acids is 1. The van der Waals surface area contributed by atoms with Crippen molar-refractivity contribution in [3.05, 3.63) is 58.7 Å². The van der Waals surface area contributed by atoms with Gasteiger partial charge in [-0.05, 0) is 48.2 Å². The van der Waals surface area contributed by atoms with Crippen LogP contribution < -0.4 is 5.32 Å². The summed E-state index contributed by atoms with van der Waals surface area (Å²) in [6, 6.07) is 6.86. The van der Waals surface area contributed by atoms with Crippen LogP contribution in [0.15, 0.2) is 30.3 Å². The molecule has 0 saturated heterocycles. The topological polar surface area (TPSA) is 66.4 Å². The van der Waals surface area contributed by atoms with Gasteiger partial charge in [0.25, 0.3) is 0 Å². The summed E-state index contributed by atoms with van der Waals surface area (Å²) in [6.07, 6.45) is -0.276. The molecular weight excluding hydrogens is 316 g/mol. The number of hydrogen-bond acceptors (Lipinski definition) is 2. The monoisotopic (exact) mass is 333 g/mol. The van der Waals surface area contributed by atoms with Crippen LogP contribution in [0.25, 0.3) is 11.1 Å². The lowest BCUT2D eigenvalue weighted by Crippen LogP contribution is -2.24. The first-order valence-electron chi connectivity index (χ1n) is 7.32. The molecule has 126 valence electrons. The van der Waals surface area contributed by atoms with Gasteiger partial charge in [0.2, 0.25) is 6.41 Å². The van der Waals surface area contributed by atoms with Gasteiger partial charge in [-0.2, -0.15) is 0 Å². The number of carboxylic acids is 1. The smallest absolute Gasteiger partial charge is 0.305 e. The SMILES string of the molecule is Cc1cccc(C)c1-c1cc(F)c(F)c([C@H](CC(=O)O)NC=O)c1. The van der Waals surface area contributed by atoms with Crippen LogP contribution in [0.3, 0.4) is 0 Å². The number of amides is 1. The number of aliphatic carboxylic acids is 1. The lowest BCUT2D eigenvalue weighted by molar-refractivity contribution is -0.137. The van der Waals surface area contributed by atoms with E-state index in [9.17, 15) is 18.4 Å². The van der Waals surface area contributed by atoms with Gasteiger partial charge in [-0.1, -0.05) is 18.2 Å². The van der Waals surface area contributed by atoms with E-state index >= 15 is 0 Å². The summed E-state index contributed by atoms with van der Waals surface area (Å²) in [5.74, 6) is -3.48. The number of carbonyl (C=O) groups is 2. The molecular formula is C18H17F2NO3. The standard InChI is InChI=1S/C18H17F2NO3/c1-10-4-3-5-11(2)17(10)12-6-13(18(20)14(19)7-12)15(21-9-22)8-16(23)24/h3-7,9,15H,8H2,1-2H3,(H,21,22)(H,23,24)/t15-/m0/s1. The van der Waals surface area contributed by atoms with Crippen LogP contribution in [0.2, 0.25) is 0 Å². The zero-order valence-corrected chi connectivity index (χ0v) is 13.3. The summed E-state index contributed by atoms with van der Waals surface area (Å²) in [4.78, 5) is 21.7. The molecule has 2 aromatic carbocycles. The lowest BCUT2D eigenvalue weighted by Gasteiger charge is -2.18. The van der Waals surface area contributed by atoms with Crippen LogP contribution in [-0.2, 0) is 9.59 Å². The van der Waals surface area contributed by atoms with E-state index in [0.29, 0.717) is 5.56 Å². The van der Waals surface area contributed by atoms with Crippen LogP contribution in [-0.4, -0.2) is 17.5 Å². The van der Waals surface area contributed by atoms with Gasteiger partial charge in [-0.3, -0.25) is 9.59 Å². The normalized spacial score (nSPS) is 11.8. The van der Waals surface area contributed by atoms with Crippen LogP contribution in [0.5, 0.6) is 0 Å². The predicted octanol–water partition coefficient (Wildman–Crippen LogP) is 3.51. The summed E-state index contributed by atoms with van der Waals surface area (Å²) in [6.45, 7) is 3.70. The fourth-order valence-electron chi connectivity index (χ4n) is 2.79. The molecule has 1 amide bonds. The first-order valence-corrected chi connectivity index (χ1v) is 7.32. The molecule has 2 N–H and O–H groups in total. The van der Waals surface area contributed by atoms with Crippen molar-refractivity contribution >= 4 is 12.4 Å². The molecule has 0 aromatic heterocycles. The molecule has 0 saturated carbocycles. The Labute approximate surface area is 138 Å². The van der Waals surface area contributed by atoms with E-state index in [1.807, 2.05) is 32.0 Å². The van der Waals surface area contributed by atoms with Crippen LogP contribution >= 0.6 is 0 Å². The molecule has 0 aliphatic heterocycles. The van der Waals surface area contributed by atoms with Gasteiger partial charge in [0.15, 0.2) is 11.6 Å². The van der Waals surface area contributed by atoms with Crippen molar-refractivity contribution in [1.29, 1.82) is 0 Å². The van der Waals surface area contributed by atoms with Gasteiger partial charge >= 0.3 is 5.97 Å². The predicted molar refractivity (Wildman–Crippen MR) is 85.5 cm³/mol. The highest BCUT2D eigenvalue weighted by Crippen LogP contribution is 2.32. The van der Waals surface area contributed by atoms with Crippen molar-refractivity contribution in [2.45, 2.75) is 26.3 Å². The molecule has 24 heavy (non-hydrogen) atoms. The fraction of sp³-hybridized carbons (Fsp3) is 0.222. The molecule has 6 heteroatoms. The average molecular weight is 333 g/mol. The maximum atomic E-state index is 14.2. The van der Waals surface area contributed by atoms with Crippen molar-refractivity contribution < 1.29 is 23.5 Å². The fourth-order valence-corrected chi connectivity index (χ4v) is 2.79. The van der Waals surface area contributed by atoms with E-state index in [2.05, 4.69) is 5.32 Å². The Morgan fingerprint density at radius 3 is 2.42 bits per heavy atom. The minimum atomic E-state index is -1.23. The first-order chi connectivity index (χ1) is 11.3. The highest BCUT2D eigenvalue weighted by molar-refractivity contribution is 5.73. The van der Waals surface area contributed by atoms with Crippen molar-refractivity contribution in [2.75, 3.05) is 0 Å². The minimum Gasteiger partial charge on any atom is -0.481 e. The van der Waals surface area contributed by atoms with Crippen LogP contribution in [0, 0.1) is 25.5 Å². The summed E-state index contributed by atoms with van der Waals surface area (Å²) in [5, 5.41) is 11.2. The lowest BCUT2D eigenvalue weighted by atomic mass is 9.92. The molecule has 2 aromatic rings. The Hall–Kier alpha value is -2.76. The maximum absolute atomic E-state index is 14.2. The van der Waals surface area contributed by atoms with Crippen LogP contribution in [0.1, 0.15) is 29.2 Å². The van der Waals surface area contributed by atoms with Gasteiger partial charge in [-0.25, -0.2) is 8.78 Å². The maximum Gasteiger partial charge on any atom is 0.305 e. The Bertz CT molecular complexity index is 770. The number of benzene rings is 2. The Morgan fingerprint density at radius 1 is 1.25 bits per heavy atom. The van der Waals surface area contributed by atoms with Crippen molar-refractivity contribution in [2.24, 2.45) is 0 Å². The van der Waals surface area contributed by atoms with Gasteiger partial charge in [0, 0.05) is 5.56 Å². The minimum absolute atomic E-state index is 0.192. The first kappa shape index (κ1) is 17.6. The summed E-state index contributed by atoms with van der Waals surface area (Å²) in [7, 11) is 0. The number of nitrogens with one attached hydrogen (secondary N) is 1. The summed E-state index contributed by atoms with van der Waals surface area (Å²) >= 11 is 0. The average Bonchev–Trinajstić information content (AvgIpc) is 2.49. The molecule has 0 radical (unpaired) electrons.